The van der Waals surface area contributed by atoms with Gasteiger partial charge in [-0.3, -0.25) is 4.79 Å². The molecule has 1 aliphatic carbocycles. The van der Waals surface area contributed by atoms with Gasteiger partial charge in [-0.25, -0.2) is 9.78 Å². The molecule has 1 saturated carbocycles. The third kappa shape index (κ3) is 3.38. The molecule has 0 saturated heterocycles. The van der Waals surface area contributed by atoms with Gasteiger partial charge in [-0.1, -0.05) is 23.7 Å². The summed E-state index contributed by atoms with van der Waals surface area (Å²) in [5.41, 5.74) is 0.445. The summed E-state index contributed by atoms with van der Waals surface area (Å²) in [4.78, 5) is 27.8. The summed E-state index contributed by atoms with van der Waals surface area (Å²) in [6, 6.07) is 7.36. The zero-order valence-corrected chi connectivity index (χ0v) is 13.8. The molecule has 2 aromatic rings. The summed E-state index contributed by atoms with van der Waals surface area (Å²) in [7, 11) is 0. The molecule has 1 aromatic carbocycles. The molecule has 1 aromatic heterocycles. The molecule has 120 valence electrons. The van der Waals surface area contributed by atoms with Crippen LogP contribution in [0.15, 0.2) is 29.6 Å². The zero-order chi connectivity index (χ0) is 16.4. The van der Waals surface area contributed by atoms with Gasteiger partial charge in [0.1, 0.15) is 10.5 Å². The predicted octanol–water partition coefficient (Wildman–Crippen LogP) is 3.13. The van der Waals surface area contributed by atoms with Crippen LogP contribution in [0.2, 0.25) is 5.02 Å². The number of carboxylic acids is 1. The van der Waals surface area contributed by atoms with E-state index in [0.717, 1.165) is 17.0 Å². The SMILES string of the molecule is O=C(Cc1csc(-c2cccc(Cl)c2)n1)NC1(C(=O)O)CCC1. The third-order valence-electron chi connectivity index (χ3n) is 3.96. The monoisotopic (exact) mass is 350 g/mol. The Morgan fingerprint density at radius 2 is 2.17 bits per heavy atom. The fourth-order valence-electron chi connectivity index (χ4n) is 2.54. The highest BCUT2D eigenvalue weighted by Gasteiger charge is 2.45. The number of carbonyl (C=O) groups excluding carboxylic acids is 1. The van der Waals surface area contributed by atoms with Crippen molar-refractivity contribution in [1.82, 2.24) is 10.3 Å². The van der Waals surface area contributed by atoms with E-state index in [2.05, 4.69) is 10.3 Å². The smallest absolute Gasteiger partial charge is 0.329 e. The van der Waals surface area contributed by atoms with Gasteiger partial charge in [0, 0.05) is 16.0 Å². The highest BCUT2D eigenvalue weighted by molar-refractivity contribution is 7.13. The van der Waals surface area contributed by atoms with Crippen LogP contribution < -0.4 is 5.32 Å². The maximum atomic E-state index is 12.1. The molecular formula is C16H15ClN2O3S. The Labute approximate surface area is 142 Å². The molecule has 0 bridgehead atoms. The molecule has 1 heterocycles. The van der Waals surface area contributed by atoms with Crippen molar-refractivity contribution in [3.63, 3.8) is 0 Å². The number of carbonyl (C=O) groups is 2. The molecule has 3 rings (SSSR count). The maximum Gasteiger partial charge on any atom is 0.329 e. The first-order valence-corrected chi connectivity index (χ1v) is 8.49. The van der Waals surface area contributed by atoms with Gasteiger partial charge < -0.3 is 10.4 Å². The fraction of sp³-hybridized carbons (Fsp3) is 0.312. The first-order valence-electron chi connectivity index (χ1n) is 7.23. The van der Waals surface area contributed by atoms with Gasteiger partial charge in [0.25, 0.3) is 0 Å². The standard InChI is InChI=1S/C16H15ClN2O3S/c17-11-4-1-3-10(7-11)14-18-12(9-23-14)8-13(20)19-16(15(21)22)5-2-6-16/h1,3-4,7,9H,2,5-6,8H2,(H,19,20)(H,21,22). The lowest BCUT2D eigenvalue weighted by Gasteiger charge is -2.38. The second kappa shape index (κ2) is 6.29. The van der Waals surface area contributed by atoms with Crippen molar-refractivity contribution in [3.05, 3.63) is 40.4 Å². The summed E-state index contributed by atoms with van der Waals surface area (Å²) in [6.07, 6.45) is 1.87. The number of nitrogens with zero attached hydrogens (tertiary/aromatic N) is 1. The topological polar surface area (TPSA) is 79.3 Å². The van der Waals surface area contributed by atoms with Gasteiger partial charge in [-0.2, -0.15) is 0 Å². The van der Waals surface area contributed by atoms with Crippen molar-refractivity contribution in [3.8, 4) is 10.6 Å². The normalized spacial score (nSPS) is 15.7. The van der Waals surface area contributed by atoms with Crippen molar-refractivity contribution in [2.24, 2.45) is 0 Å². The number of hydrogen-bond acceptors (Lipinski definition) is 4. The van der Waals surface area contributed by atoms with E-state index in [9.17, 15) is 14.7 Å². The number of amides is 1. The van der Waals surface area contributed by atoms with Gasteiger partial charge in [-0.05, 0) is 31.4 Å². The number of halogens is 1. The molecule has 23 heavy (non-hydrogen) atoms. The minimum atomic E-state index is -1.08. The van der Waals surface area contributed by atoms with Crippen LogP contribution in [0, 0.1) is 0 Å². The van der Waals surface area contributed by atoms with Gasteiger partial charge in [0.2, 0.25) is 5.91 Å². The lowest BCUT2D eigenvalue weighted by molar-refractivity contribution is -0.151. The van der Waals surface area contributed by atoms with Gasteiger partial charge in [0.15, 0.2) is 0 Å². The Balaban J connectivity index is 1.67. The van der Waals surface area contributed by atoms with E-state index in [1.54, 1.807) is 6.07 Å². The number of aromatic nitrogens is 1. The largest absolute Gasteiger partial charge is 0.480 e. The van der Waals surface area contributed by atoms with Gasteiger partial charge >= 0.3 is 5.97 Å². The van der Waals surface area contributed by atoms with Gasteiger partial charge in [0.05, 0.1) is 12.1 Å². The second-order valence-electron chi connectivity index (χ2n) is 5.62. The molecule has 2 N–H and O–H groups in total. The third-order valence-corrected chi connectivity index (χ3v) is 5.14. The minimum absolute atomic E-state index is 0.0755. The van der Waals surface area contributed by atoms with Crippen LogP contribution in [0.1, 0.15) is 25.0 Å². The molecule has 0 spiro atoms. The minimum Gasteiger partial charge on any atom is -0.480 e. The highest BCUT2D eigenvalue weighted by Crippen LogP contribution is 2.32. The molecule has 0 atom stereocenters. The van der Waals surface area contributed by atoms with Crippen molar-refractivity contribution in [1.29, 1.82) is 0 Å². The summed E-state index contributed by atoms with van der Waals surface area (Å²) < 4.78 is 0. The molecule has 0 radical (unpaired) electrons. The molecule has 1 aliphatic rings. The quantitative estimate of drug-likeness (QED) is 0.868. The van der Waals surface area contributed by atoms with Crippen LogP contribution in [0.25, 0.3) is 10.6 Å². The molecule has 1 amide bonds. The van der Waals surface area contributed by atoms with E-state index < -0.39 is 11.5 Å². The van der Waals surface area contributed by atoms with Crippen LogP contribution in [-0.2, 0) is 16.0 Å². The van der Waals surface area contributed by atoms with Crippen molar-refractivity contribution in [2.75, 3.05) is 0 Å². The lowest BCUT2D eigenvalue weighted by atomic mass is 9.76. The second-order valence-corrected chi connectivity index (χ2v) is 6.91. The summed E-state index contributed by atoms with van der Waals surface area (Å²) in [5.74, 6) is -1.27. The number of rotatable bonds is 5. The Bertz CT molecular complexity index is 755. The van der Waals surface area contributed by atoms with Crippen LogP contribution in [0.4, 0.5) is 0 Å². The average molecular weight is 351 g/mol. The molecule has 5 nitrogen and oxygen atoms in total. The van der Waals surface area contributed by atoms with Crippen LogP contribution in [-0.4, -0.2) is 27.5 Å². The highest BCUT2D eigenvalue weighted by atomic mass is 35.5. The number of thiazole rings is 1. The van der Waals surface area contributed by atoms with E-state index in [4.69, 9.17) is 11.6 Å². The van der Waals surface area contributed by atoms with E-state index in [1.165, 1.54) is 11.3 Å². The summed E-state index contributed by atoms with van der Waals surface area (Å²) in [6.45, 7) is 0. The molecular weight excluding hydrogens is 336 g/mol. The molecule has 1 fully saturated rings. The van der Waals surface area contributed by atoms with Gasteiger partial charge in [-0.15, -0.1) is 11.3 Å². The van der Waals surface area contributed by atoms with Crippen molar-refractivity contribution < 1.29 is 14.7 Å². The number of aliphatic carboxylic acids is 1. The zero-order valence-electron chi connectivity index (χ0n) is 12.2. The molecule has 0 aliphatic heterocycles. The number of nitrogens with one attached hydrogen (secondary N) is 1. The van der Waals surface area contributed by atoms with Crippen molar-refractivity contribution in [2.45, 2.75) is 31.2 Å². The van der Waals surface area contributed by atoms with Crippen LogP contribution in [0.5, 0.6) is 0 Å². The predicted molar refractivity (Wildman–Crippen MR) is 88.6 cm³/mol. The van der Waals surface area contributed by atoms with E-state index >= 15 is 0 Å². The maximum absolute atomic E-state index is 12.1. The first kappa shape index (κ1) is 16.0. The van der Waals surface area contributed by atoms with Crippen LogP contribution >= 0.6 is 22.9 Å². The Kier molecular flexibility index (Phi) is 4.37. The van der Waals surface area contributed by atoms with Crippen LogP contribution in [0.3, 0.4) is 0 Å². The molecule has 0 unspecified atom stereocenters. The van der Waals surface area contributed by atoms with E-state index in [0.29, 0.717) is 23.6 Å². The van der Waals surface area contributed by atoms with E-state index in [1.807, 2.05) is 23.6 Å². The number of hydrogen-bond donors (Lipinski definition) is 2. The summed E-state index contributed by atoms with van der Waals surface area (Å²) >= 11 is 7.40. The Morgan fingerprint density at radius 1 is 1.39 bits per heavy atom. The Hall–Kier alpha value is -1.92. The van der Waals surface area contributed by atoms with E-state index in [-0.39, 0.29) is 12.3 Å². The fourth-order valence-corrected chi connectivity index (χ4v) is 3.55. The number of benzene rings is 1. The lowest BCUT2D eigenvalue weighted by Crippen LogP contribution is -2.59. The summed E-state index contributed by atoms with van der Waals surface area (Å²) in [5, 5.41) is 15.1. The average Bonchev–Trinajstić information content (AvgIpc) is 2.91. The van der Waals surface area contributed by atoms with Crippen molar-refractivity contribution >= 4 is 34.8 Å². The molecule has 7 heteroatoms. The number of carboxylic acid groups (broad SMARTS) is 1. The first-order chi connectivity index (χ1) is 11.0. The Morgan fingerprint density at radius 3 is 2.78 bits per heavy atom.